The van der Waals surface area contributed by atoms with Gasteiger partial charge in [0.05, 0.1) is 29.0 Å². The fourth-order valence-corrected chi connectivity index (χ4v) is 4.29. The van der Waals surface area contributed by atoms with Crippen molar-refractivity contribution in [3.63, 3.8) is 0 Å². The van der Waals surface area contributed by atoms with Crippen LogP contribution in [0.2, 0.25) is 0 Å². The van der Waals surface area contributed by atoms with Crippen LogP contribution < -0.4 is 4.90 Å². The molecule has 196 valence electrons. The summed E-state index contributed by atoms with van der Waals surface area (Å²) in [5, 5.41) is 0. The van der Waals surface area contributed by atoms with Crippen molar-refractivity contribution in [3.05, 3.63) is 86.3 Å². The maximum Gasteiger partial charge on any atom is 0.340 e. The number of rotatable bonds is 7. The number of esters is 2. The van der Waals surface area contributed by atoms with Crippen molar-refractivity contribution in [1.82, 2.24) is 0 Å². The predicted molar refractivity (Wildman–Crippen MR) is 156 cm³/mol. The second-order valence-electron chi connectivity index (χ2n) is 10.4. The van der Waals surface area contributed by atoms with Crippen LogP contribution in [0.4, 0.5) is 17.1 Å². The molecule has 0 fully saturated rings. The summed E-state index contributed by atoms with van der Waals surface area (Å²) in [7, 11) is 0. The molecule has 37 heavy (non-hydrogen) atoms. The third-order valence-corrected chi connectivity index (χ3v) is 6.55. The lowest BCUT2D eigenvalue weighted by Crippen LogP contribution is -2.24. The summed E-state index contributed by atoms with van der Waals surface area (Å²) in [6.45, 7) is 13.3. The summed E-state index contributed by atoms with van der Waals surface area (Å²) in [5.74, 6) is -1.01. The molecule has 0 aromatic heterocycles. The summed E-state index contributed by atoms with van der Waals surface area (Å²) in [4.78, 5) is 29.1. The van der Waals surface area contributed by atoms with E-state index in [1.54, 1.807) is 27.7 Å². The second-order valence-corrected chi connectivity index (χ2v) is 12.2. The van der Waals surface area contributed by atoms with Crippen LogP contribution in [0.5, 0.6) is 0 Å². The summed E-state index contributed by atoms with van der Waals surface area (Å²) in [6.07, 6.45) is -0.669. The number of nitrogens with zero attached hydrogens (tertiary/aromatic N) is 1. The fraction of sp³-hybridized carbons (Fsp3) is 0.333. The van der Waals surface area contributed by atoms with Gasteiger partial charge < -0.3 is 14.4 Å². The van der Waals surface area contributed by atoms with E-state index in [0.717, 1.165) is 25.9 Å². The molecule has 0 unspecified atom stereocenters. The zero-order chi connectivity index (χ0) is 27.5. The minimum absolute atomic E-state index is 0.294. The quantitative estimate of drug-likeness (QED) is 0.244. The van der Waals surface area contributed by atoms with Gasteiger partial charge in [-0.15, -0.1) is 0 Å². The Kier molecular flexibility index (Phi) is 9.24. The normalized spacial score (nSPS) is 11.5. The first kappa shape index (κ1) is 28.9. The SMILES string of the molecule is CC(C)OC(=O)c1cc(C(C)(C)C)cc(C(=O)OC(C)C)c1N(c1ccc(Br)cc1)c1ccc(Br)cc1. The van der Waals surface area contributed by atoms with Crippen LogP contribution in [0.1, 0.15) is 74.7 Å². The second kappa shape index (κ2) is 11.8. The molecular formula is C30H33Br2NO4. The van der Waals surface area contributed by atoms with Crippen LogP contribution >= 0.6 is 31.9 Å². The van der Waals surface area contributed by atoms with E-state index in [4.69, 9.17) is 9.47 Å². The van der Waals surface area contributed by atoms with E-state index in [0.29, 0.717) is 16.8 Å². The molecule has 3 aromatic carbocycles. The Morgan fingerprint density at radius 3 is 1.35 bits per heavy atom. The zero-order valence-electron chi connectivity index (χ0n) is 22.3. The summed E-state index contributed by atoms with van der Waals surface area (Å²) >= 11 is 7.01. The number of ether oxygens (including phenoxy) is 2. The largest absolute Gasteiger partial charge is 0.459 e. The highest BCUT2D eigenvalue weighted by Gasteiger charge is 2.31. The van der Waals surface area contributed by atoms with Crippen molar-refractivity contribution in [1.29, 1.82) is 0 Å². The number of anilines is 3. The standard InChI is InChI=1S/C30H33Br2NO4/c1-18(2)36-28(34)25-16-20(30(5,6)7)17-26(29(35)37-19(3)4)27(25)33(23-12-8-21(31)9-13-23)24-14-10-22(32)11-15-24/h8-19H,1-7H3. The Balaban J connectivity index is 2.46. The molecule has 0 N–H and O–H groups in total. The Hall–Kier alpha value is -2.64. The zero-order valence-corrected chi connectivity index (χ0v) is 25.4. The van der Waals surface area contributed by atoms with Gasteiger partial charge in [-0.05, 0) is 99.3 Å². The number of benzene rings is 3. The molecule has 0 aliphatic rings. The molecule has 5 nitrogen and oxygen atoms in total. The Morgan fingerprint density at radius 1 is 0.703 bits per heavy atom. The van der Waals surface area contributed by atoms with E-state index in [1.807, 2.05) is 86.3 Å². The van der Waals surface area contributed by atoms with Crippen molar-refractivity contribution in [2.24, 2.45) is 0 Å². The van der Waals surface area contributed by atoms with Crippen molar-refractivity contribution >= 4 is 60.9 Å². The van der Waals surface area contributed by atoms with E-state index in [1.165, 1.54) is 0 Å². The first-order valence-corrected chi connectivity index (χ1v) is 13.8. The van der Waals surface area contributed by atoms with Gasteiger partial charge in [0.2, 0.25) is 0 Å². The molecule has 0 aliphatic carbocycles. The van der Waals surface area contributed by atoms with Gasteiger partial charge in [0.25, 0.3) is 0 Å². The minimum Gasteiger partial charge on any atom is -0.459 e. The van der Waals surface area contributed by atoms with Crippen molar-refractivity contribution in [2.45, 2.75) is 66.1 Å². The molecule has 0 aliphatic heterocycles. The average molecular weight is 631 g/mol. The smallest absolute Gasteiger partial charge is 0.340 e. The van der Waals surface area contributed by atoms with Gasteiger partial charge in [0.1, 0.15) is 0 Å². The maximum absolute atomic E-state index is 13.6. The lowest BCUT2D eigenvalue weighted by Gasteiger charge is -2.31. The van der Waals surface area contributed by atoms with Crippen molar-refractivity contribution < 1.29 is 19.1 Å². The van der Waals surface area contributed by atoms with Gasteiger partial charge >= 0.3 is 11.9 Å². The molecular weight excluding hydrogens is 598 g/mol. The highest BCUT2D eigenvalue weighted by Crippen LogP contribution is 2.42. The van der Waals surface area contributed by atoms with E-state index >= 15 is 0 Å². The van der Waals surface area contributed by atoms with Gasteiger partial charge in [0.15, 0.2) is 0 Å². The van der Waals surface area contributed by atoms with E-state index in [-0.39, 0.29) is 17.6 Å². The molecule has 0 radical (unpaired) electrons. The van der Waals surface area contributed by atoms with Gasteiger partial charge in [-0.25, -0.2) is 9.59 Å². The number of halogens is 2. The highest BCUT2D eigenvalue weighted by molar-refractivity contribution is 9.10. The Bertz CT molecular complexity index is 1170. The maximum atomic E-state index is 13.6. The molecule has 0 saturated carbocycles. The van der Waals surface area contributed by atoms with Crippen LogP contribution in [0.25, 0.3) is 0 Å². The van der Waals surface area contributed by atoms with Crippen LogP contribution in [-0.4, -0.2) is 24.1 Å². The first-order valence-electron chi connectivity index (χ1n) is 12.2. The Labute approximate surface area is 236 Å². The first-order chi connectivity index (χ1) is 17.3. The fourth-order valence-electron chi connectivity index (χ4n) is 3.76. The Morgan fingerprint density at radius 2 is 1.05 bits per heavy atom. The molecule has 0 bridgehead atoms. The molecule has 7 heteroatoms. The minimum atomic E-state index is -0.506. The number of carbonyl (C=O) groups excluding carboxylic acids is 2. The van der Waals surface area contributed by atoms with Crippen LogP contribution in [0.3, 0.4) is 0 Å². The lowest BCUT2D eigenvalue weighted by atomic mass is 9.84. The number of hydrogen-bond acceptors (Lipinski definition) is 5. The molecule has 3 rings (SSSR count). The van der Waals surface area contributed by atoms with Crippen molar-refractivity contribution in [3.8, 4) is 0 Å². The lowest BCUT2D eigenvalue weighted by molar-refractivity contribution is 0.0378. The van der Waals surface area contributed by atoms with Gasteiger partial charge in [-0.1, -0.05) is 52.6 Å². The third-order valence-electron chi connectivity index (χ3n) is 5.49. The monoisotopic (exact) mass is 629 g/mol. The average Bonchev–Trinajstić information content (AvgIpc) is 2.80. The van der Waals surface area contributed by atoms with E-state index in [2.05, 4.69) is 31.9 Å². The van der Waals surface area contributed by atoms with Crippen LogP contribution in [0, 0.1) is 0 Å². The van der Waals surface area contributed by atoms with Crippen molar-refractivity contribution in [2.75, 3.05) is 4.90 Å². The van der Waals surface area contributed by atoms with Gasteiger partial charge in [-0.3, -0.25) is 0 Å². The third kappa shape index (κ3) is 7.23. The summed E-state index contributed by atoms with van der Waals surface area (Å²) < 4.78 is 13.2. The topological polar surface area (TPSA) is 55.8 Å². The number of carbonyl (C=O) groups is 2. The summed E-state index contributed by atoms with van der Waals surface area (Å²) in [5.41, 5.74) is 3.03. The van der Waals surface area contributed by atoms with E-state index in [9.17, 15) is 9.59 Å². The molecule has 0 spiro atoms. The highest BCUT2D eigenvalue weighted by atomic mass is 79.9. The molecule has 0 heterocycles. The van der Waals surface area contributed by atoms with Gasteiger partial charge in [-0.2, -0.15) is 0 Å². The van der Waals surface area contributed by atoms with E-state index < -0.39 is 11.9 Å². The van der Waals surface area contributed by atoms with Crippen LogP contribution in [0.15, 0.2) is 69.6 Å². The molecule has 0 atom stereocenters. The summed E-state index contributed by atoms with van der Waals surface area (Å²) in [6, 6.07) is 19.1. The van der Waals surface area contributed by atoms with Crippen LogP contribution in [-0.2, 0) is 14.9 Å². The molecule has 0 saturated heterocycles. The molecule has 0 amide bonds. The predicted octanol–water partition coefficient (Wildman–Crippen LogP) is 9.11. The molecule has 3 aromatic rings. The van der Waals surface area contributed by atoms with Gasteiger partial charge in [0, 0.05) is 20.3 Å². The number of hydrogen-bond donors (Lipinski definition) is 0.